The first-order valence-corrected chi connectivity index (χ1v) is 19.1. The number of nitrogens with one attached hydrogen (secondary N) is 2. The molecule has 0 rings (SSSR count). The van der Waals surface area contributed by atoms with Crippen LogP contribution in [0, 0.1) is 11.8 Å². The second-order valence-corrected chi connectivity index (χ2v) is 16.4. The topological polar surface area (TPSA) is 215 Å². The molecular weight excluding hydrogens is 644 g/mol. The molecule has 0 aliphatic carbocycles. The Hall–Kier alpha value is -1.48. The average Bonchev–Trinajstić information content (AvgIpc) is 2.90. The monoisotopic (exact) mass is 706 g/mol. The Labute approximate surface area is 277 Å². The number of hydrogen-bond donors (Lipinski definition) is 5. The van der Waals surface area contributed by atoms with Gasteiger partial charge in [-0.2, -0.15) is 16.8 Å². The number of hydrogen-bond acceptors (Lipinski definition) is 12. The van der Waals surface area contributed by atoms with Crippen molar-refractivity contribution in [1.29, 1.82) is 0 Å². The summed E-state index contributed by atoms with van der Waals surface area (Å²) in [5, 5.41) is 6.57. The number of quaternary nitrogens is 2. The van der Waals surface area contributed by atoms with Crippen molar-refractivity contribution in [2.24, 2.45) is 17.6 Å². The van der Waals surface area contributed by atoms with Crippen LogP contribution in [0.5, 0.6) is 0 Å². The first-order chi connectivity index (χ1) is 21.2. The van der Waals surface area contributed by atoms with E-state index in [1.54, 1.807) is 13.8 Å². The van der Waals surface area contributed by atoms with Crippen LogP contribution in [0.25, 0.3) is 0 Å². The van der Waals surface area contributed by atoms with E-state index in [-0.39, 0.29) is 48.5 Å². The number of carbonyl (C=O) groups is 2. The van der Waals surface area contributed by atoms with E-state index in [9.17, 15) is 26.4 Å². The van der Waals surface area contributed by atoms with Crippen LogP contribution in [-0.2, 0) is 39.3 Å². The highest BCUT2D eigenvalue weighted by molar-refractivity contribution is 7.86. The predicted molar refractivity (Wildman–Crippen MR) is 177 cm³/mol. The summed E-state index contributed by atoms with van der Waals surface area (Å²) in [4.78, 5) is 26.9. The van der Waals surface area contributed by atoms with Gasteiger partial charge in [0.2, 0.25) is 0 Å². The molecule has 0 bridgehead atoms. The summed E-state index contributed by atoms with van der Waals surface area (Å²) < 4.78 is 73.1. The molecule has 0 aliphatic heterocycles. The normalized spacial score (nSPS) is 14.3. The first-order valence-electron chi connectivity index (χ1n) is 15.9. The van der Waals surface area contributed by atoms with E-state index in [1.807, 2.05) is 28.2 Å². The van der Waals surface area contributed by atoms with Crippen LogP contribution < -0.4 is 16.4 Å². The molecule has 0 aliphatic rings. The number of nitrogens with zero attached hydrogens (tertiary/aromatic N) is 3. The lowest BCUT2D eigenvalue weighted by Gasteiger charge is -2.29. The van der Waals surface area contributed by atoms with Crippen LogP contribution in [-0.4, -0.2) is 183 Å². The molecule has 0 aromatic heterocycles. The van der Waals surface area contributed by atoms with Gasteiger partial charge in [0.1, 0.15) is 26.3 Å². The van der Waals surface area contributed by atoms with Crippen LogP contribution in [0.15, 0.2) is 0 Å². The summed E-state index contributed by atoms with van der Waals surface area (Å²) in [6.07, 6.45) is 0.635. The fraction of sp³-hybridized carbons (Fsp3) is 0.929. The van der Waals surface area contributed by atoms with Crippen LogP contribution in [0.1, 0.15) is 26.7 Å². The molecule has 0 saturated heterocycles. The largest absolute Gasteiger partial charge is 0.459 e. The highest BCUT2D eigenvalue weighted by Gasteiger charge is 2.21. The van der Waals surface area contributed by atoms with Crippen molar-refractivity contribution in [2.45, 2.75) is 26.7 Å². The van der Waals surface area contributed by atoms with E-state index in [0.717, 1.165) is 13.1 Å². The lowest BCUT2D eigenvalue weighted by Crippen LogP contribution is -2.44. The van der Waals surface area contributed by atoms with Gasteiger partial charge in [-0.05, 0) is 0 Å². The molecule has 0 radical (unpaired) electrons. The first kappa shape index (κ1) is 44.5. The molecule has 6 N–H and O–H groups in total. The fourth-order valence-corrected chi connectivity index (χ4v) is 5.43. The second kappa shape index (κ2) is 22.2. The van der Waals surface area contributed by atoms with Gasteiger partial charge in [-0.15, -0.1) is 0 Å². The molecule has 0 fully saturated rings. The molecule has 0 heterocycles. The molecule has 0 aromatic carbocycles. The van der Waals surface area contributed by atoms with Crippen molar-refractivity contribution in [1.82, 2.24) is 15.5 Å². The standard InChI is InChI=1S/C28H60N6O10S2/c1-25(27(35)43-19-17-33(3,4)15-7-21-45(37,38)39)23-30-10-13-32(12-9-29)14-11-31-24-26(2)28(36)44-20-18-34(5,6)16-8-22-46(40,41)42/h25-26,30-31H,7-24,29H2,1-6H3/p+2. The zero-order chi connectivity index (χ0) is 35.4. The van der Waals surface area contributed by atoms with E-state index in [0.29, 0.717) is 87.3 Å². The quantitative estimate of drug-likeness (QED) is 0.0271. The number of ether oxygens (including phenoxy) is 2. The number of rotatable bonds is 28. The van der Waals surface area contributed by atoms with Gasteiger partial charge in [-0.1, -0.05) is 13.8 Å². The number of nitrogens with two attached hydrogens (primary N) is 1. The Bertz CT molecular complexity index is 1010. The van der Waals surface area contributed by atoms with Gasteiger partial charge in [0.25, 0.3) is 20.2 Å². The minimum atomic E-state index is -3.98. The maximum absolute atomic E-state index is 12.4. The SMILES string of the molecule is CC(CNCCN(CCN)CCNCC(C)C(=O)OCC[N+](C)(C)CCCS(=O)(=O)O)C(=O)OCC[N+](C)(C)CCCS(=O)(=O)O. The molecule has 0 saturated carbocycles. The summed E-state index contributed by atoms with van der Waals surface area (Å²) in [5.41, 5.74) is 5.78. The van der Waals surface area contributed by atoms with Gasteiger partial charge in [0.05, 0.1) is 64.6 Å². The van der Waals surface area contributed by atoms with Gasteiger partial charge in [0.15, 0.2) is 0 Å². The molecule has 274 valence electrons. The van der Waals surface area contributed by atoms with Crippen molar-refractivity contribution in [3.8, 4) is 0 Å². The highest BCUT2D eigenvalue weighted by Crippen LogP contribution is 2.05. The van der Waals surface area contributed by atoms with Gasteiger partial charge < -0.3 is 34.8 Å². The fourth-order valence-electron chi connectivity index (χ4n) is 4.44. The molecule has 0 aromatic rings. The average molecular weight is 707 g/mol. The summed E-state index contributed by atoms with van der Waals surface area (Å²) >= 11 is 0. The summed E-state index contributed by atoms with van der Waals surface area (Å²) in [6.45, 7) is 11.0. The molecule has 16 nitrogen and oxygen atoms in total. The molecule has 46 heavy (non-hydrogen) atoms. The van der Waals surface area contributed by atoms with Crippen LogP contribution in [0.4, 0.5) is 0 Å². The van der Waals surface area contributed by atoms with Gasteiger partial charge in [-0.3, -0.25) is 23.6 Å². The van der Waals surface area contributed by atoms with Crippen LogP contribution in [0.2, 0.25) is 0 Å². The van der Waals surface area contributed by atoms with Crippen LogP contribution in [0.3, 0.4) is 0 Å². The second-order valence-electron chi connectivity index (χ2n) is 13.2. The number of esters is 2. The highest BCUT2D eigenvalue weighted by atomic mass is 32.2. The van der Waals surface area contributed by atoms with Gasteiger partial charge in [0, 0.05) is 65.2 Å². The molecule has 2 atom stereocenters. The Morgan fingerprint density at radius 3 is 1.41 bits per heavy atom. The minimum absolute atomic E-state index is 0.217. The zero-order valence-corrected chi connectivity index (χ0v) is 30.4. The van der Waals surface area contributed by atoms with Crippen molar-refractivity contribution in [2.75, 3.05) is 131 Å². The van der Waals surface area contributed by atoms with Crippen molar-refractivity contribution in [3.63, 3.8) is 0 Å². The summed E-state index contributed by atoms with van der Waals surface area (Å²) in [6, 6.07) is 0. The Morgan fingerprint density at radius 1 is 0.717 bits per heavy atom. The van der Waals surface area contributed by atoms with Crippen molar-refractivity contribution >= 4 is 32.2 Å². The lowest BCUT2D eigenvalue weighted by atomic mass is 10.2. The van der Waals surface area contributed by atoms with E-state index in [4.69, 9.17) is 24.3 Å². The third-order valence-corrected chi connectivity index (χ3v) is 9.18. The predicted octanol–water partition coefficient (Wildman–Crippen LogP) is -1.51. The third kappa shape index (κ3) is 25.6. The number of carbonyl (C=O) groups excluding carboxylic acids is 2. The molecule has 0 amide bonds. The third-order valence-electron chi connectivity index (χ3n) is 7.57. The van der Waals surface area contributed by atoms with Gasteiger partial charge in [-0.25, -0.2) is 0 Å². The number of likely N-dealkylation sites (N-methyl/N-ethyl adjacent to an activating group) is 2. The minimum Gasteiger partial charge on any atom is -0.459 e. The van der Waals surface area contributed by atoms with E-state index in [1.165, 1.54) is 0 Å². The lowest BCUT2D eigenvalue weighted by molar-refractivity contribution is -0.890. The summed E-state index contributed by atoms with van der Waals surface area (Å²) in [5.74, 6) is -1.87. The van der Waals surface area contributed by atoms with E-state index >= 15 is 0 Å². The van der Waals surface area contributed by atoms with Crippen LogP contribution >= 0.6 is 0 Å². The van der Waals surface area contributed by atoms with Gasteiger partial charge >= 0.3 is 11.9 Å². The molecule has 18 heteroatoms. The zero-order valence-electron chi connectivity index (χ0n) is 28.8. The molecule has 0 spiro atoms. The summed E-state index contributed by atoms with van der Waals surface area (Å²) in [7, 11) is -0.321. The maximum atomic E-state index is 12.4. The maximum Gasteiger partial charge on any atom is 0.310 e. The Kier molecular flexibility index (Phi) is 21.5. The Morgan fingerprint density at radius 2 is 1.09 bits per heavy atom. The Balaban J connectivity index is 4.21. The molecular formula is C28H62N6O10S2+2. The van der Waals surface area contributed by atoms with E-state index < -0.39 is 20.2 Å². The van der Waals surface area contributed by atoms with E-state index in [2.05, 4.69) is 15.5 Å². The smallest absolute Gasteiger partial charge is 0.310 e. The van der Waals surface area contributed by atoms with Crippen molar-refractivity contribution < 1.29 is 54.0 Å². The molecule has 2 unspecified atom stereocenters. The van der Waals surface area contributed by atoms with Crippen molar-refractivity contribution in [3.05, 3.63) is 0 Å².